The van der Waals surface area contributed by atoms with Gasteiger partial charge in [-0.25, -0.2) is 18.7 Å². The van der Waals surface area contributed by atoms with E-state index in [0.29, 0.717) is 60.0 Å². The molecule has 2 amide bonds. The quantitative estimate of drug-likeness (QED) is 0.170. The predicted octanol–water partition coefficient (Wildman–Crippen LogP) is 8.94. The predicted molar refractivity (Wildman–Crippen MR) is 244 cm³/mol. The van der Waals surface area contributed by atoms with E-state index in [1.165, 1.54) is 21.3 Å². The third-order valence-electron chi connectivity index (χ3n) is 11.7. The molecule has 0 aliphatic carbocycles. The number of halogens is 4. The van der Waals surface area contributed by atoms with E-state index < -0.39 is 11.6 Å². The summed E-state index contributed by atoms with van der Waals surface area (Å²) in [5.74, 6) is -1.46. The Hall–Kier alpha value is -6.78. The number of carbonyl (C=O) groups is 2. The summed E-state index contributed by atoms with van der Waals surface area (Å²) >= 11 is 11.9. The summed E-state index contributed by atoms with van der Waals surface area (Å²) in [7, 11) is 0. The Morgan fingerprint density at radius 3 is 1.36 bits per heavy atom. The summed E-state index contributed by atoms with van der Waals surface area (Å²) in [6.07, 6.45) is 10.3. The fourth-order valence-electron chi connectivity index (χ4n) is 8.41. The SMILES string of the molecule is C.C.Cc1cn(-c2ccc3n(c2=O)CCN(C(C)c2c[nH]c4cc(F)c(Cl)cc24)C3=O)cn1.Cc1cn(-c2ccc3n(c2=O)CCN(C(C)c2c[nH]c4cc(F)c(Cl)cc24)C3=O)cn1. The lowest BCUT2D eigenvalue weighted by atomic mass is 10.0. The van der Waals surface area contributed by atoms with Crippen LogP contribution in [0.3, 0.4) is 0 Å². The first-order valence-electron chi connectivity index (χ1n) is 19.7. The molecule has 2 N–H and O–H groups in total. The second kappa shape index (κ2) is 17.4. The highest BCUT2D eigenvalue weighted by Crippen LogP contribution is 2.34. The Labute approximate surface area is 376 Å². The molecule has 14 nitrogen and oxygen atoms in total. The number of carbonyl (C=O) groups excluding carboxylic acids is 2. The van der Waals surface area contributed by atoms with Crippen LogP contribution in [-0.4, -0.2) is 72.9 Å². The van der Waals surface area contributed by atoms with Crippen LogP contribution in [0.1, 0.15) is 84.3 Å². The fourth-order valence-corrected chi connectivity index (χ4v) is 8.73. The van der Waals surface area contributed by atoms with Crippen molar-refractivity contribution >= 4 is 56.8 Å². The molecular formula is C46H46Cl2F2N10O4. The van der Waals surface area contributed by atoms with Crippen molar-refractivity contribution in [2.45, 2.75) is 67.7 Å². The maximum Gasteiger partial charge on any atom is 0.275 e. The molecule has 6 aromatic heterocycles. The molecule has 8 aromatic rings. The van der Waals surface area contributed by atoms with Gasteiger partial charge >= 0.3 is 0 Å². The van der Waals surface area contributed by atoms with E-state index in [-0.39, 0.29) is 59.9 Å². The van der Waals surface area contributed by atoms with Gasteiger partial charge in [-0.05, 0) is 87.4 Å². The molecule has 64 heavy (non-hydrogen) atoms. The van der Waals surface area contributed by atoms with E-state index in [2.05, 4.69) is 19.9 Å². The molecule has 0 saturated heterocycles. The van der Waals surface area contributed by atoms with Gasteiger partial charge < -0.3 is 38.0 Å². The van der Waals surface area contributed by atoms with Crippen molar-refractivity contribution in [2.24, 2.45) is 0 Å². The van der Waals surface area contributed by atoms with E-state index >= 15 is 0 Å². The number of fused-ring (bicyclic) bond motifs is 4. The zero-order chi connectivity index (χ0) is 43.7. The van der Waals surface area contributed by atoms with Gasteiger partial charge in [0.25, 0.3) is 22.9 Å². The molecule has 2 aromatic carbocycles. The molecule has 0 saturated carbocycles. The summed E-state index contributed by atoms with van der Waals surface area (Å²) in [4.78, 5) is 70.4. The van der Waals surface area contributed by atoms with E-state index in [9.17, 15) is 28.0 Å². The molecule has 0 radical (unpaired) electrons. The highest BCUT2D eigenvalue weighted by molar-refractivity contribution is 6.31. The molecule has 0 bridgehead atoms. The summed E-state index contributed by atoms with van der Waals surface area (Å²) in [6.45, 7) is 9.03. The number of hydrogen-bond acceptors (Lipinski definition) is 6. The number of nitrogens with zero attached hydrogens (tertiary/aromatic N) is 8. The number of amides is 2. The van der Waals surface area contributed by atoms with Crippen LogP contribution in [0.4, 0.5) is 8.78 Å². The Morgan fingerprint density at radius 2 is 1.00 bits per heavy atom. The van der Waals surface area contributed by atoms with Gasteiger partial charge in [0.05, 0.1) is 46.2 Å². The molecule has 332 valence electrons. The van der Waals surface area contributed by atoms with Gasteiger partial charge in [0.1, 0.15) is 34.4 Å². The third-order valence-corrected chi connectivity index (χ3v) is 12.3. The average Bonchev–Trinajstić information content (AvgIpc) is 4.07. The maximum atomic E-state index is 13.8. The summed E-state index contributed by atoms with van der Waals surface area (Å²) in [5, 5.41) is 1.59. The Kier molecular flexibility index (Phi) is 12.3. The topological polar surface area (TPSA) is 152 Å². The average molecular weight is 912 g/mol. The van der Waals surface area contributed by atoms with Crippen molar-refractivity contribution in [3.05, 3.63) is 162 Å². The molecule has 2 unspecified atom stereocenters. The van der Waals surface area contributed by atoms with Crippen LogP contribution in [0.5, 0.6) is 0 Å². The minimum atomic E-state index is -0.499. The van der Waals surface area contributed by atoms with Crippen LogP contribution in [0, 0.1) is 25.5 Å². The van der Waals surface area contributed by atoms with Crippen LogP contribution in [0.2, 0.25) is 10.0 Å². The highest BCUT2D eigenvalue weighted by Gasteiger charge is 2.33. The van der Waals surface area contributed by atoms with Crippen LogP contribution in [0.15, 0.2) is 95.6 Å². The Bertz CT molecular complexity index is 3020. The van der Waals surface area contributed by atoms with E-state index in [1.807, 2.05) is 27.7 Å². The molecular weight excluding hydrogens is 865 g/mol. The van der Waals surface area contributed by atoms with Gasteiger partial charge in [-0.2, -0.15) is 0 Å². The minimum Gasteiger partial charge on any atom is -0.361 e. The summed E-state index contributed by atoms with van der Waals surface area (Å²) in [6, 6.07) is 11.9. The first-order chi connectivity index (χ1) is 29.7. The number of benzene rings is 2. The molecule has 2 atom stereocenters. The minimum absolute atomic E-state index is 0. The number of aryl methyl sites for hydroxylation is 2. The van der Waals surface area contributed by atoms with E-state index in [1.54, 1.807) is 92.8 Å². The van der Waals surface area contributed by atoms with Crippen molar-refractivity contribution in [3.63, 3.8) is 0 Å². The lowest BCUT2D eigenvalue weighted by Gasteiger charge is -2.34. The zero-order valence-electron chi connectivity index (χ0n) is 33.8. The van der Waals surface area contributed by atoms with Crippen molar-refractivity contribution in [2.75, 3.05) is 13.1 Å². The molecule has 2 aliphatic rings. The monoisotopic (exact) mass is 910 g/mol. The van der Waals surface area contributed by atoms with Crippen molar-refractivity contribution in [3.8, 4) is 11.4 Å². The molecule has 0 spiro atoms. The number of rotatable bonds is 6. The van der Waals surface area contributed by atoms with Gasteiger partial charge in [-0.1, -0.05) is 38.1 Å². The van der Waals surface area contributed by atoms with Gasteiger partial charge in [-0.3, -0.25) is 19.2 Å². The van der Waals surface area contributed by atoms with Crippen molar-refractivity contribution < 1.29 is 18.4 Å². The molecule has 8 heterocycles. The van der Waals surface area contributed by atoms with Gasteiger partial charge in [-0.15, -0.1) is 0 Å². The standard InChI is InChI=1S/2C22H19ClFN5O2.2CH4/c2*1-12-10-27(11-26-12)19-3-4-20-22(31)28(5-6-29(20)21(19)30)13(2)15-9-25-18-8-17(24)16(23)7-14(15)18;;/h2*3-4,7-11,13,25H,5-6H2,1-2H3;2*1H4. The normalized spacial score (nSPS) is 14.4. The number of aromatic amines is 2. The molecule has 10 rings (SSSR count). The molecule has 18 heteroatoms. The Morgan fingerprint density at radius 1 is 0.609 bits per heavy atom. The van der Waals surface area contributed by atoms with Crippen LogP contribution >= 0.6 is 23.2 Å². The van der Waals surface area contributed by atoms with Crippen LogP contribution in [-0.2, 0) is 13.1 Å². The van der Waals surface area contributed by atoms with Gasteiger partial charge in [0, 0.05) is 72.8 Å². The number of nitrogens with one attached hydrogen (secondary N) is 2. The van der Waals surface area contributed by atoms with Gasteiger partial charge in [0.15, 0.2) is 0 Å². The number of hydrogen-bond donors (Lipinski definition) is 2. The van der Waals surface area contributed by atoms with Gasteiger partial charge in [0.2, 0.25) is 0 Å². The van der Waals surface area contributed by atoms with Crippen LogP contribution < -0.4 is 11.1 Å². The second-order valence-electron chi connectivity index (χ2n) is 15.4. The largest absolute Gasteiger partial charge is 0.361 e. The first-order valence-corrected chi connectivity index (χ1v) is 20.5. The molecule has 0 fully saturated rings. The maximum absolute atomic E-state index is 13.8. The highest BCUT2D eigenvalue weighted by atomic mass is 35.5. The fraction of sp³-hybridized carbons (Fsp3) is 0.261. The lowest BCUT2D eigenvalue weighted by molar-refractivity contribution is 0.0621. The number of imidazole rings is 2. The van der Waals surface area contributed by atoms with E-state index in [4.69, 9.17) is 23.2 Å². The number of H-pyrrole nitrogens is 2. The van der Waals surface area contributed by atoms with Crippen molar-refractivity contribution in [1.82, 2.24) is 48.0 Å². The zero-order valence-corrected chi connectivity index (χ0v) is 35.3. The summed E-state index contributed by atoms with van der Waals surface area (Å²) < 4.78 is 33.9. The lowest BCUT2D eigenvalue weighted by Crippen LogP contribution is -2.45. The Balaban J connectivity index is 0.000000186. The van der Waals surface area contributed by atoms with E-state index in [0.717, 1.165) is 33.3 Å². The number of pyridine rings is 2. The molecule has 2 aliphatic heterocycles. The number of aromatic nitrogens is 8. The van der Waals surface area contributed by atoms with Crippen molar-refractivity contribution in [1.29, 1.82) is 0 Å². The third kappa shape index (κ3) is 7.70. The van der Waals surface area contributed by atoms with Crippen LogP contribution in [0.25, 0.3) is 33.2 Å². The second-order valence-corrected chi connectivity index (χ2v) is 16.2. The smallest absolute Gasteiger partial charge is 0.275 e. The summed E-state index contributed by atoms with van der Waals surface area (Å²) in [5.41, 5.74) is 5.64. The first kappa shape index (κ1) is 45.3.